The maximum absolute atomic E-state index is 11.6. The van der Waals surface area contributed by atoms with Gasteiger partial charge >= 0.3 is 5.69 Å². The molecule has 0 unspecified atom stereocenters. The van der Waals surface area contributed by atoms with Gasteiger partial charge in [0.05, 0.1) is 23.4 Å². The van der Waals surface area contributed by atoms with Gasteiger partial charge in [0.15, 0.2) is 5.75 Å². The average molecular weight is 322 g/mol. The largest absolute Gasteiger partial charge is 0.490 e. The number of benzene rings is 1. The van der Waals surface area contributed by atoms with E-state index in [1.54, 1.807) is 6.07 Å². The van der Waals surface area contributed by atoms with Crippen LogP contribution in [0.4, 0.5) is 17.1 Å². The number of rotatable bonds is 8. The van der Waals surface area contributed by atoms with Gasteiger partial charge in [-0.3, -0.25) is 14.9 Å². The first-order valence-electron chi connectivity index (χ1n) is 6.95. The maximum atomic E-state index is 11.6. The van der Waals surface area contributed by atoms with Crippen molar-refractivity contribution in [3.8, 4) is 5.75 Å². The van der Waals surface area contributed by atoms with E-state index >= 15 is 0 Å². The number of amides is 1. The Morgan fingerprint density at radius 2 is 2.04 bits per heavy atom. The van der Waals surface area contributed by atoms with Crippen molar-refractivity contribution < 1.29 is 14.5 Å². The maximum Gasteiger partial charge on any atom is 0.313 e. The molecular weight excluding hydrogens is 300 g/mol. The van der Waals surface area contributed by atoms with Gasteiger partial charge in [-0.15, -0.1) is 0 Å². The lowest BCUT2D eigenvalue weighted by atomic mass is 10.2. The first-order chi connectivity index (χ1) is 10.8. The summed E-state index contributed by atoms with van der Waals surface area (Å²) in [5.41, 5.74) is 0.754. The molecule has 1 aromatic carbocycles. The topological polar surface area (TPSA) is 87.9 Å². The predicted molar refractivity (Wildman–Crippen MR) is 90.3 cm³/mol. The van der Waals surface area contributed by atoms with Crippen LogP contribution in [0.5, 0.6) is 5.75 Å². The zero-order valence-electron chi connectivity index (χ0n) is 13.8. The van der Waals surface area contributed by atoms with Crippen molar-refractivity contribution in [2.45, 2.75) is 0 Å². The number of nitrogens with one attached hydrogen (secondary N) is 1. The molecule has 0 heterocycles. The predicted octanol–water partition coefficient (Wildman–Crippen LogP) is 1.73. The third-order valence-corrected chi connectivity index (χ3v) is 3.23. The second-order valence-corrected chi connectivity index (χ2v) is 5.22. The summed E-state index contributed by atoms with van der Waals surface area (Å²) in [5.74, 6) is -0.301. The van der Waals surface area contributed by atoms with Crippen molar-refractivity contribution in [1.29, 1.82) is 0 Å². The van der Waals surface area contributed by atoms with Gasteiger partial charge in [0.1, 0.15) is 0 Å². The number of nitro benzene ring substituents is 1. The van der Waals surface area contributed by atoms with Crippen LogP contribution in [0, 0.1) is 10.1 Å². The Balaban J connectivity index is 3.30. The van der Waals surface area contributed by atoms with Crippen LogP contribution in [0.25, 0.3) is 0 Å². The van der Waals surface area contributed by atoms with E-state index in [0.717, 1.165) is 12.6 Å². The fourth-order valence-corrected chi connectivity index (χ4v) is 1.93. The summed E-state index contributed by atoms with van der Waals surface area (Å²) in [4.78, 5) is 26.1. The molecule has 0 saturated heterocycles. The number of carbonyl (C=O) groups is 1. The molecule has 0 atom stereocenters. The first kappa shape index (κ1) is 18.4. The van der Waals surface area contributed by atoms with Crippen LogP contribution in [0.3, 0.4) is 0 Å². The molecule has 1 N–H and O–H groups in total. The summed E-state index contributed by atoms with van der Waals surface area (Å²) >= 11 is 0. The van der Waals surface area contributed by atoms with Gasteiger partial charge < -0.3 is 19.9 Å². The minimum absolute atomic E-state index is 0.137. The molecule has 8 nitrogen and oxygen atoms in total. The van der Waals surface area contributed by atoms with Crippen molar-refractivity contribution in [2.24, 2.45) is 0 Å². The Kier molecular flexibility index (Phi) is 6.52. The third-order valence-electron chi connectivity index (χ3n) is 3.23. The number of methoxy groups -OCH3 is 1. The molecule has 8 heteroatoms. The molecule has 1 aromatic rings. The van der Waals surface area contributed by atoms with Crippen LogP contribution in [0.1, 0.15) is 0 Å². The molecule has 23 heavy (non-hydrogen) atoms. The molecule has 0 aliphatic carbocycles. The highest BCUT2D eigenvalue weighted by molar-refractivity contribution is 6.01. The number of hydrogen-bond donors (Lipinski definition) is 1. The van der Waals surface area contributed by atoms with E-state index in [9.17, 15) is 14.9 Å². The molecule has 0 bridgehead atoms. The fraction of sp³-hybridized carbons (Fsp3) is 0.400. The Bertz CT molecular complexity index is 601. The highest BCUT2D eigenvalue weighted by Crippen LogP contribution is 2.37. The number of nitrogens with zero attached hydrogens (tertiary/aromatic N) is 3. The van der Waals surface area contributed by atoms with E-state index in [0.29, 0.717) is 17.9 Å². The van der Waals surface area contributed by atoms with Crippen LogP contribution in [0.2, 0.25) is 0 Å². The van der Waals surface area contributed by atoms with Crippen LogP contribution >= 0.6 is 0 Å². The summed E-state index contributed by atoms with van der Waals surface area (Å²) in [6.07, 6.45) is 1.11. The van der Waals surface area contributed by atoms with Crippen molar-refractivity contribution in [3.05, 3.63) is 34.9 Å². The number of nitro groups is 1. The van der Waals surface area contributed by atoms with Gasteiger partial charge in [0, 0.05) is 32.3 Å². The molecule has 126 valence electrons. The van der Waals surface area contributed by atoms with Crippen LogP contribution in [0.15, 0.2) is 24.8 Å². The second-order valence-electron chi connectivity index (χ2n) is 5.22. The summed E-state index contributed by atoms with van der Waals surface area (Å²) < 4.78 is 5.10. The number of anilines is 2. The van der Waals surface area contributed by atoms with E-state index in [2.05, 4.69) is 11.9 Å². The summed E-state index contributed by atoms with van der Waals surface area (Å²) in [5, 5.41) is 13.8. The van der Waals surface area contributed by atoms with Crippen molar-refractivity contribution >= 4 is 23.0 Å². The summed E-state index contributed by atoms with van der Waals surface area (Å²) in [6.45, 7) is 4.85. The van der Waals surface area contributed by atoms with Gasteiger partial charge in [-0.2, -0.15) is 0 Å². The Morgan fingerprint density at radius 3 is 2.52 bits per heavy atom. The van der Waals surface area contributed by atoms with Gasteiger partial charge in [0.2, 0.25) is 5.91 Å². The second kappa shape index (κ2) is 8.14. The first-order valence-corrected chi connectivity index (χ1v) is 6.95. The van der Waals surface area contributed by atoms with Crippen molar-refractivity contribution in [2.75, 3.05) is 51.6 Å². The molecule has 0 aromatic heterocycles. The minimum Gasteiger partial charge on any atom is -0.490 e. The number of ether oxygens (including phenoxy) is 1. The van der Waals surface area contributed by atoms with E-state index in [4.69, 9.17) is 4.74 Å². The molecule has 0 aliphatic heterocycles. The molecule has 1 rings (SSSR count). The van der Waals surface area contributed by atoms with E-state index in [-0.39, 0.29) is 11.4 Å². The van der Waals surface area contributed by atoms with Gasteiger partial charge in [-0.05, 0) is 20.2 Å². The molecule has 0 fully saturated rings. The van der Waals surface area contributed by atoms with Gasteiger partial charge in [0.25, 0.3) is 0 Å². The quantitative estimate of drug-likeness (QED) is 0.445. The molecule has 0 saturated carbocycles. The van der Waals surface area contributed by atoms with Gasteiger partial charge in [-0.25, -0.2) is 0 Å². The van der Waals surface area contributed by atoms with Crippen LogP contribution < -0.4 is 15.0 Å². The SMILES string of the molecule is C=CC(=O)Nc1cc([N+](=O)[O-])c(OC)cc1N(C)CCN(C)C. The number of carbonyl (C=O) groups excluding carboxylic acids is 1. The average Bonchev–Trinajstić information content (AvgIpc) is 2.51. The number of hydrogen-bond acceptors (Lipinski definition) is 6. The van der Waals surface area contributed by atoms with E-state index in [1.165, 1.54) is 13.2 Å². The molecule has 1 amide bonds. The van der Waals surface area contributed by atoms with Crippen LogP contribution in [-0.4, -0.2) is 57.1 Å². The number of likely N-dealkylation sites (N-methyl/N-ethyl adjacent to an activating group) is 2. The lowest BCUT2D eigenvalue weighted by molar-refractivity contribution is -0.385. The lowest BCUT2D eigenvalue weighted by Gasteiger charge is -2.24. The highest BCUT2D eigenvalue weighted by Gasteiger charge is 2.21. The van der Waals surface area contributed by atoms with E-state index < -0.39 is 10.8 Å². The zero-order valence-corrected chi connectivity index (χ0v) is 13.8. The summed E-state index contributed by atoms with van der Waals surface area (Å²) in [6, 6.07) is 2.84. The highest BCUT2D eigenvalue weighted by atomic mass is 16.6. The Morgan fingerprint density at radius 1 is 1.39 bits per heavy atom. The fourth-order valence-electron chi connectivity index (χ4n) is 1.93. The molecular formula is C15H22N4O4. The molecule has 0 radical (unpaired) electrons. The Hall–Kier alpha value is -2.61. The lowest BCUT2D eigenvalue weighted by Crippen LogP contribution is -2.29. The smallest absolute Gasteiger partial charge is 0.313 e. The molecule has 0 aliphatic rings. The zero-order chi connectivity index (χ0) is 17.6. The summed E-state index contributed by atoms with van der Waals surface area (Å²) in [7, 11) is 7.11. The van der Waals surface area contributed by atoms with Crippen LogP contribution in [-0.2, 0) is 4.79 Å². The molecule has 0 spiro atoms. The standard InChI is InChI=1S/C15H22N4O4/c1-6-15(20)16-11-9-13(19(21)22)14(23-5)10-12(11)18(4)8-7-17(2)3/h6,9-10H,1,7-8H2,2-5H3,(H,16,20). The monoisotopic (exact) mass is 322 g/mol. The van der Waals surface area contributed by atoms with Crippen molar-refractivity contribution in [1.82, 2.24) is 4.90 Å². The van der Waals surface area contributed by atoms with Gasteiger partial charge in [-0.1, -0.05) is 6.58 Å². The van der Waals surface area contributed by atoms with E-state index in [1.807, 2.05) is 30.9 Å². The third kappa shape index (κ3) is 4.96. The Labute approximate surface area is 135 Å². The van der Waals surface area contributed by atoms with Crippen molar-refractivity contribution in [3.63, 3.8) is 0 Å². The normalized spacial score (nSPS) is 10.3. The minimum atomic E-state index is -0.550.